The molecular formula is C20H23Cl3N2O2. The summed E-state index contributed by atoms with van der Waals surface area (Å²) in [5.41, 5.74) is 1.79. The van der Waals surface area contributed by atoms with Crippen molar-refractivity contribution in [1.29, 1.82) is 0 Å². The molecule has 1 aliphatic rings. The molecule has 2 aromatic carbocycles. The van der Waals surface area contributed by atoms with Crippen molar-refractivity contribution in [3.63, 3.8) is 0 Å². The zero-order valence-corrected chi connectivity index (χ0v) is 17.3. The van der Waals surface area contributed by atoms with Crippen molar-refractivity contribution in [3.05, 3.63) is 62.6 Å². The lowest BCUT2D eigenvalue weighted by atomic mass is 10.2. The number of nitrogens with zero attached hydrogens (tertiary/aromatic N) is 1. The van der Waals surface area contributed by atoms with Crippen LogP contribution in [0.25, 0.3) is 0 Å². The van der Waals surface area contributed by atoms with Gasteiger partial charge < -0.3 is 14.8 Å². The predicted molar refractivity (Wildman–Crippen MR) is 111 cm³/mol. The largest absolute Gasteiger partial charge is 0.488 e. The van der Waals surface area contributed by atoms with Crippen LogP contribution in [0.1, 0.15) is 11.1 Å². The lowest BCUT2D eigenvalue weighted by molar-refractivity contribution is 0.0384. The van der Waals surface area contributed by atoms with Crippen LogP contribution >= 0.6 is 34.8 Å². The molecule has 0 aromatic heterocycles. The fourth-order valence-electron chi connectivity index (χ4n) is 2.93. The van der Waals surface area contributed by atoms with Gasteiger partial charge in [-0.3, -0.25) is 4.90 Å². The van der Waals surface area contributed by atoms with Crippen LogP contribution in [0.4, 0.5) is 0 Å². The Morgan fingerprint density at radius 3 is 2.52 bits per heavy atom. The summed E-state index contributed by atoms with van der Waals surface area (Å²) in [6.07, 6.45) is 0. The van der Waals surface area contributed by atoms with E-state index >= 15 is 0 Å². The number of halogens is 3. The Bertz CT molecular complexity index is 732. The standard InChI is InChI=1S/C20H23Cl3N2O2/c21-16-4-5-20(27-14-17-18(22)2-1-3-19(17)23)15(12-16)13-24-6-7-25-8-10-26-11-9-25/h1-5,12,24H,6-11,13-14H2. The first-order valence-corrected chi connectivity index (χ1v) is 10.1. The van der Waals surface area contributed by atoms with Crippen molar-refractivity contribution in [3.8, 4) is 5.75 Å². The minimum absolute atomic E-state index is 0.306. The predicted octanol–water partition coefficient (Wildman–Crippen LogP) is 4.65. The van der Waals surface area contributed by atoms with E-state index in [1.165, 1.54) is 0 Å². The Balaban J connectivity index is 1.56. The zero-order valence-electron chi connectivity index (χ0n) is 15.0. The van der Waals surface area contributed by atoms with Crippen molar-refractivity contribution in [2.45, 2.75) is 13.2 Å². The summed E-state index contributed by atoms with van der Waals surface area (Å²) in [6, 6.07) is 11.1. The molecule has 1 aliphatic heterocycles. The fourth-order valence-corrected chi connectivity index (χ4v) is 3.63. The summed E-state index contributed by atoms with van der Waals surface area (Å²) in [4.78, 5) is 2.39. The van der Waals surface area contributed by atoms with Gasteiger partial charge in [0.2, 0.25) is 0 Å². The summed E-state index contributed by atoms with van der Waals surface area (Å²) < 4.78 is 11.4. The molecule has 27 heavy (non-hydrogen) atoms. The third-order valence-corrected chi connectivity index (χ3v) is 5.42. The highest BCUT2D eigenvalue weighted by molar-refractivity contribution is 6.36. The molecule has 7 heteroatoms. The molecule has 0 spiro atoms. The van der Waals surface area contributed by atoms with E-state index in [0.717, 1.165) is 56.3 Å². The maximum atomic E-state index is 6.23. The Kier molecular flexibility index (Phi) is 8.07. The molecule has 0 aliphatic carbocycles. The zero-order chi connectivity index (χ0) is 19.1. The first-order chi connectivity index (χ1) is 13.1. The minimum atomic E-state index is 0.306. The van der Waals surface area contributed by atoms with Gasteiger partial charge in [0.25, 0.3) is 0 Å². The van der Waals surface area contributed by atoms with Gasteiger partial charge in [0.1, 0.15) is 12.4 Å². The molecule has 0 bridgehead atoms. The normalized spacial score (nSPS) is 15.1. The Labute approximate surface area is 175 Å². The van der Waals surface area contributed by atoms with Gasteiger partial charge >= 0.3 is 0 Å². The van der Waals surface area contributed by atoms with Gasteiger partial charge in [0.15, 0.2) is 0 Å². The molecule has 0 amide bonds. The van der Waals surface area contributed by atoms with Gasteiger partial charge in [-0.05, 0) is 30.3 Å². The molecule has 2 aromatic rings. The van der Waals surface area contributed by atoms with E-state index in [4.69, 9.17) is 44.3 Å². The minimum Gasteiger partial charge on any atom is -0.488 e. The number of benzene rings is 2. The van der Waals surface area contributed by atoms with Crippen LogP contribution in [-0.4, -0.2) is 44.3 Å². The van der Waals surface area contributed by atoms with E-state index in [2.05, 4.69) is 10.2 Å². The lowest BCUT2D eigenvalue weighted by Crippen LogP contribution is -2.40. The van der Waals surface area contributed by atoms with Gasteiger partial charge in [0, 0.05) is 58.9 Å². The van der Waals surface area contributed by atoms with Gasteiger partial charge in [-0.15, -0.1) is 0 Å². The van der Waals surface area contributed by atoms with E-state index in [0.29, 0.717) is 28.2 Å². The summed E-state index contributed by atoms with van der Waals surface area (Å²) in [6.45, 7) is 6.49. The first-order valence-electron chi connectivity index (χ1n) is 8.98. The molecule has 1 N–H and O–H groups in total. The number of ether oxygens (including phenoxy) is 2. The number of morpholine rings is 1. The van der Waals surface area contributed by atoms with Crippen LogP contribution in [0.5, 0.6) is 5.75 Å². The number of rotatable bonds is 8. The average Bonchev–Trinajstić information content (AvgIpc) is 2.67. The van der Waals surface area contributed by atoms with Gasteiger partial charge in [-0.25, -0.2) is 0 Å². The monoisotopic (exact) mass is 428 g/mol. The highest BCUT2D eigenvalue weighted by atomic mass is 35.5. The van der Waals surface area contributed by atoms with E-state index in [1.54, 1.807) is 0 Å². The number of nitrogens with one attached hydrogen (secondary N) is 1. The van der Waals surface area contributed by atoms with Crippen molar-refractivity contribution >= 4 is 34.8 Å². The molecule has 0 atom stereocenters. The maximum absolute atomic E-state index is 6.23. The second-order valence-corrected chi connectivity index (χ2v) is 7.62. The number of hydrogen-bond donors (Lipinski definition) is 1. The smallest absolute Gasteiger partial charge is 0.124 e. The molecule has 1 fully saturated rings. The molecule has 0 saturated carbocycles. The van der Waals surface area contributed by atoms with Crippen LogP contribution in [-0.2, 0) is 17.9 Å². The fraction of sp³-hybridized carbons (Fsp3) is 0.400. The topological polar surface area (TPSA) is 33.7 Å². The lowest BCUT2D eigenvalue weighted by Gasteiger charge is -2.26. The van der Waals surface area contributed by atoms with Crippen molar-refractivity contribution in [2.24, 2.45) is 0 Å². The Morgan fingerprint density at radius 1 is 1.04 bits per heavy atom. The second-order valence-electron chi connectivity index (χ2n) is 6.37. The molecule has 4 nitrogen and oxygen atoms in total. The molecule has 146 valence electrons. The second kappa shape index (κ2) is 10.5. The maximum Gasteiger partial charge on any atom is 0.124 e. The Morgan fingerprint density at radius 2 is 1.78 bits per heavy atom. The van der Waals surface area contributed by atoms with Gasteiger partial charge in [-0.1, -0.05) is 40.9 Å². The first kappa shape index (κ1) is 20.7. The highest BCUT2D eigenvalue weighted by Crippen LogP contribution is 2.28. The van der Waals surface area contributed by atoms with Gasteiger partial charge in [-0.2, -0.15) is 0 Å². The SMILES string of the molecule is Clc1ccc(OCc2c(Cl)cccc2Cl)c(CNCCN2CCOCC2)c1. The third kappa shape index (κ3) is 6.24. The van der Waals surface area contributed by atoms with Crippen molar-refractivity contribution in [1.82, 2.24) is 10.2 Å². The number of hydrogen-bond acceptors (Lipinski definition) is 4. The molecule has 1 heterocycles. The van der Waals surface area contributed by atoms with E-state index in [-0.39, 0.29) is 0 Å². The summed E-state index contributed by atoms with van der Waals surface area (Å²) in [5, 5.41) is 5.35. The van der Waals surface area contributed by atoms with Crippen LogP contribution in [0.15, 0.2) is 36.4 Å². The van der Waals surface area contributed by atoms with E-state index in [9.17, 15) is 0 Å². The van der Waals surface area contributed by atoms with Crippen LogP contribution in [0, 0.1) is 0 Å². The van der Waals surface area contributed by atoms with Crippen molar-refractivity contribution < 1.29 is 9.47 Å². The quantitative estimate of drug-likeness (QED) is 0.619. The van der Waals surface area contributed by atoms with E-state index < -0.39 is 0 Å². The summed E-state index contributed by atoms with van der Waals surface area (Å²) >= 11 is 18.6. The molecule has 0 radical (unpaired) electrons. The molecular weight excluding hydrogens is 407 g/mol. The van der Waals surface area contributed by atoms with Crippen LogP contribution in [0.3, 0.4) is 0 Å². The van der Waals surface area contributed by atoms with Gasteiger partial charge in [0.05, 0.1) is 13.2 Å². The summed E-state index contributed by atoms with van der Waals surface area (Å²) in [7, 11) is 0. The van der Waals surface area contributed by atoms with Crippen LogP contribution < -0.4 is 10.1 Å². The van der Waals surface area contributed by atoms with Crippen molar-refractivity contribution in [2.75, 3.05) is 39.4 Å². The summed E-state index contributed by atoms with van der Waals surface area (Å²) in [5.74, 6) is 0.772. The molecule has 1 saturated heterocycles. The Hall–Kier alpha value is -1.01. The highest BCUT2D eigenvalue weighted by Gasteiger charge is 2.11. The van der Waals surface area contributed by atoms with Crippen LogP contribution in [0.2, 0.25) is 15.1 Å². The molecule has 3 rings (SSSR count). The third-order valence-electron chi connectivity index (χ3n) is 4.48. The molecule has 0 unspecified atom stereocenters. The average molecular weight is 430 g/mol. The van der Waals surface area contributed by atoms with E-state index in [1.807, 2.05) is 36.4 Å².